The monoisotopic (exact) mass is 327 g/mol. The maximum absolute atomic E-state index is 12.3. The number of hydrogen-bond acceptors (Lipinski definition) is 5. The van der Waals surface area contributed by atoms with Gasteiger partial charge in [-0.05, 0) is 32.4 Å². The summed E-state index contributed by atoms with van der Waals surface area (Å²) in [5.41, 5.74) is 1.79. The zero-order chi connectivity index (χ0) is 17.3. The van der Waals surface area contributed by atoms with Crippen molar-refractivity contribution in [1.29, 1.82) is 0 Å². The van der Waals surface area contributed by atoms with E-state index in [-0.39, 0.29) is 30.7 Å². The van der Waals surface area contributed by atoms with E-state index < -0.39 is 0 Å². The van der Waals surface area contributed by atoms with Gasteiger partial charge in [0.05, 0.1) is 11.1 Å². The number of nitrogens with zero attached hydrogens (tertiary/aromatic N) is 2. The number of nitrogens with one attached hydrogen (secondary N) is 1. The highest BCUT2D eigenvalue weighted by molar-refractivity contribution is 6.21. The second kappa shape index (κ2) is 6.27. The molecule has 1 aromatic heterocycles. The number of aromatic nitrogens is 1. The van der Waals surface area contributed by atoms with Crippen molar-refractivity contribution in [1.82, 2.24) is 10.1 Å². The molecule has 0 unspecified atom stereocenters. The van der Waals surface area contributed by atoms with Gasteiger partial charge in [0.1, 0.15) is 5.76 Å². The number of aryl methyl sites for hydroxylation is 2. The third kappa shape index (κ3) is 3.05. The highest BCUT2D eigenvalue weighted by atomic mass is 16.5. The lowest BCUT2D eigenvalue weighted by molar-refractivity contribution is -0.116. The Balaban J connectivity index is 1.55. The number of hydrogen-bond donors (Lipinski definition) is 1. The van der Waals surface area contributed by atoms with Crippen LogP contribution in [0.2, 0.25) is 0 Å². The van der Waals surface area contributed by atoms with Gasteiger partial charge in [0.2, 0.25) is 5.91 Å². The van der Waals surface area contributed by atoms with Crippen LogP contribution in [-0.2, 0) is 4.79 Å². The topological polar surface area (TPSA) is 92.5 Å². The molecule has 0 aliphatic carbocycles. The fourth-order valence-electron chi connectivity index (χ4n) is 2.64. The fourth-order valence-corrected chi connectivity index (χ4v) is 2.64. The molecule has 7 heteroatoms. The van der Waals surface area contributed by atoms with Crippen molar-refractivity contribution in [2.75, 3.05) is 11.9 Å². The zero-order valence-electron chi connectivity index (χ0n) is 13.5. The molecule has 3 amide bonds. The van der Waals surface area contributed by atoms with Crippen molar-refractivity contribution in [3.8, 4) is 0 Å². The number of carbonyl (C=O) groups excluding carboxylic acids is 3. The van der Waals surface area contributed by atoms with Crippen molar-refractivity contribution >= 4 is 23.5 Å². The number of imide groups is 1. The van der Waals surface area contributed by atoms with E-state index in [0.717, 1.165) is 5.56 Å². The van der Waals surface area contributed by atoms with Gasteiger partial charge in [-0.2, -0.15) is 0 Å². The molecule has 24 heavy (non-hydrogen) atoms. The summed E-state index contributed by atoms with van der Waals surface area (Å²) in [5, 5.41) is 6.28. The Morgan fingerprint density at radius 3 is 2.62 bits per heavy atom. The Bertz CT molecular complexity index is 825. The van der Waals surface area contributed by atoms with Crippen molar-refractivity contribution < 1.29 is 18.9 Å². The molecule has 3 rings (SSSR count). The fraction of sp³-hybridized carbons (Fsp3) is 0.294. The van der Waals surface area contributed by atoms with Crippen LogP contribution < -0.4 is 5.32 Å². The molecule has 124 valence electrons. The first-order valence-electron chi connectivity index (χ1n) is 7.66. The normalized spacial score (nSPS) is 13.3. The lowest BCUT2D eigenvalue weighted by atomic mass is 10.1. The first-order valence-corrected chi connectivity index (χ1v) is 7.66. The van der Waals surface area contributed by atoms with Gasteiger partial charge in [-0.3, -0.25) is 19.3 Å². The van der Waals surface area contributed by atoms with Crippen molar-refractivity contribution in [2.24, 2.45) is 0 Å². The van der Waals surface area contributed by atoms with Gasteiger partial charge in [0, 0.05) is 19.0 Å². The number of benzene rings is 1. The number of anilines is 1. The Hall–Kier alpha value is -2.96. The highest BCUT2D eigenvalue weighted by Crippen LogP contribution is 2.24. The summed E-state index contributed by atoms with van der Waals surface area (Å²) >= 11 is 0. The molecule has 1 aliphatic rings. The molecule has 2 heterocycles. The van der Waals surface area contributed by atoms with Gasteiger partial charge in [-0.25, -0.2) is 0 Å². The van der Waals surface area contributed by atoms with Gasteiger partial charge in [0.25, 0.3) is 11.8 Å². The maximum atomic E-state index is 12.3. The first-order chi connectivity index (χ1) is 11.5. The average Bonchev–Trinajstić information content (AvgIpc) is 3.04. The van der Waals surface area contributed by atoms with Crippen LogP contribution in [0.25, 0.3) is 0 Å². The second-order valence-corrected chi connectivity index (χ2v) is 5.79. The highest BCUT2D eigenvalue weighted by Gasteiger charge is 2.34. The lowest BCUT2D eigenvalue weighted by Gasteiger charge is -2.13. The minimum atomic E-state index is -0.303. The van der Waals surface area contributed by atoms with Crippen LogP contribution >= 0.6 is 0 Å². The van der Waals surface area contributed by atoms with E-state index in [1.165, 1.54) is 4.90 Å². The Kier molecular flexibility index (Phi) is 4.16. The van der Waals surface area contributed by atoms with Crippen molar-refractivity contribution in [3.63, 3.8) is 0 Å². The molecule has 0 radical (unpaired) electrons. The standard InChI is InChI=1S/C17H17N3O4/c1-10-5-6-12-13(8-10)17(23)20(16(12)22)7-3-4-15(21)18-14-9-11(2)24-19-14/h5-6,8-9H,3-4,7H2,1-2H3,(H,18,19,21). The summed E-state index contributed by atoms with van der Waals surface area (Å²) in [4.78, 5) is 37.6. The molecule has 1 N–H and O–H groups in total. The quantitative estimate of drug-likeness (QED) is 0.851. The van der Waals surface area contributed by atoms with Crippen LogP contribution in [-0.4, -0.2) is 34.3 Å². The third-order valence-corrected chi connectivity index (χ3v) is 3.81. The van der Waals surface area contributed by atoms with Gasteiger partial charge < -0.3 is 9.84 Å². The van der Waals surface area contributed by atoms with E-state index in [2.05, 4.69) is 10.5 Å². The molecule has 0 bridgehead atoms. The van der Waals surface area contributed by atoms with E-state index in [9.17, 15) is 14.4 Å². The van der Waals surface area contributed by atoms with Crippen molar-refractivity contribution in [2.45, 2.75) is 26.7 Å². The maximum Gasteiger partial charge on any atom is 0.261 e. The number of carbonyl (C=O) groups is 3. The summed E-state index contributed by atoms with van der Waals surface area (Å²) in [6.07, 6.45) is 0.561. The van der Waals surface area contributed by atoms with Crippen LogP contribution in [0.5, 0.6) is 0 Å². The Morgan fingerprint density at radius 1 is 1.17 bits per heavy atom. The molecule has 1 aromatic carbocycles. The molecule has 0 fully saturated rings. The summed E-state index contributed by atoms with van der Waals surface area (Å²) < 4.78 is 4.86. The van der Waals surface area contributed by atoms with E-state index in [4.69, 9.17) is 4.52 Å². The minimum absolute atomic E-state index is 0.179. The smallest absolute Gasteiger partial charge is 0.261 e. The van der Waals surface area contributed by atoms with Crippen molar-refractivity contribution in [3.05, 3.63) is 46.7 Å². The van der Waals surface area contributed by atoms with E-state index in [1.807, 2.05) is 6.92 Å². The molecular weight excluding hydrogens is 310 g/mol. The number of amides is 3. The van der Waals surface area contributed by atoms with Gasteiger partial charge in [0.15, 0.2) is 5.82 Å². The van der Waals surface area contributed by atoms with Gasteiger partial charge in [-0.1, -0.05) is 16.8 Å². The third-order valence-electron chi connectivity index (χ3n) is 3.81. The van der Waals surface area contributed by atoms with Crippen LogP contribution in [0.4, 0.5) is 5.82 Å². The molecule has 0 atom stereocenters. The SMILES string of the molecule is Cc1ccc2c(c1)C(=O)N(CCCC(=O)Nc1cc(C)on1)C2=O. The average molecular weight is 327 g/mol. The van der Waals surface area contributed by atoms with Crippen LogP contribution in [0.1, 0.15) is 44.9 Å². The lowest BCUT2D eigenvalue weighted by Crippen LogP contribution is -2.31. The molecule has 2 aromatic rings. The van der Waals surface area contributed by atoms with E-state index >= 15 is 0 Å². The van der Waals surface area contributed by atoms with Crippen LogP contribution in [0, 0.1) is 13.8 Å². The molecule has 0 spiro atoms. The zero-order valence-corrected chi connectivity index (χ0v) is 13.5. The van der Waals surface area contributed by atoms with Gasteiger partial charge in [-0.15, -0.1) is 0 Å². The molecule has 7 nitrogen and oxygen atoms in total. The minimum Gasteiger partial charge on any atom is -0.360 e. The molecule has 0 saturated carbocycles. The number of fused-ring (bicyclic) bond motifs is 1. The number of rotatable bonds is 5. The Morgan fingerprint density at radius 2 is 1.92 bits per heavy atom. The Labute approximate surface area is 138 Å². The molecule has 0 saturated heterocycles. The predicted octanol–water partition coefficient (Wildman–Crippen LogP) is 2.31. The van der Waals surface area contributed by atoms with E-state index in [1.54, 1.807) is 31.2 Å². The summed E-state index contributed by atoms with van der Waals surface area (Å²) in [6.45, 7) is 3.81. The predicted molar refractivity (Wildman–Crippen MR) is 85.6 cm³/mol. The second-order valence-electron chi connectivity index (χ2n) is 5.79. The van der Waals surface area contributed by atoms with Crippen LogP contribution in [0.15, 0.2) is 28.8 Å². The summed E-state index contributed by atoms with van der Waals surface area (Å²) in [5.74, 6) is 0.116. The van der Waals surface area contributed by atoms with Gasteiger partial charge >= 0.3 is 0 Å². The van der Waals surface area contributed by atoms with Crippen LogP contribution in [0.3, 0.4) is 0 Å². The summed E-state index contributed by atoms with van der Waals surface area (Å²) in [6, 6.07) is 6.81. The molecular formula is C17H17N3O4. The largest absolute Gasteiger partial charge is 0.360 e. The molecule has 1 aliphatic heterocycles. The first kappa shape index (κ1) is 15.9. The van der Waals surface area contributed by atoms with E-state index in [0.29, 0.717) is 29.1 Å². The summed E-state index contributed by atoms with van der Waals surface area (Å²) in [7, 11) is 0.